The minimum Gasteiger partial charge on any atom is -0.465 e. The molecule has 0 bridgehead atoms. The number of likely N-dealkylation sites (tertiary alicyclic amines) is 1. The van der Waals surface area contributed by atoms with Gasteiger partial charge < -0.3 is 21.1 Å². The third kappa shape index (κ3) is 3.59. The van der Waals surface area contributed by atoms with E-state index < -0.39 is 35.4 Å². The van der Waals surface area contributed by atoms with Gasteiger partial charge in [-0.15, -0.1) is 0 Å². The summed E-state index contributed by atoms with van der Waals surface area (Å²) >= 11 is 0. The molecule has 0 aliphatic carbocycles. The van der Waals surface area contributed by atoms with E-state index in [4.69, 9.17) is 10.8 Å². The number of primary amides is 1. The zero-order valence-electron chi connectivity index (χ0n) is 11.5. The first-order valence-electron chi connectivity index (χ1n) is 6.24. The van der Waals surface area contributed by atoms with Crippen molar-refractivity contribution in [3.8, 4) is 0 Å². The number of amides is 3. The van der Waals surface area contributed by atoms with Crippen LogP contribution in [0.3, 0.4) is 0 Å². The standard InChI is InChI=1S/C12H21N3O4/c1-12(2,3)8(14-11(18)19)10(17)15-6-4-5-7(15)9(13)16/h7-8,14H,4-6H2,1-3H3,(H2,13,16)(H,18,19)/t7?,8-/m1/s1. The van der Waals surface area contributed by atoms with E-state index in [1.165, 1.54) is 4.90 Å². The summed E-state index contributed by atoms with van der Waals surface area (Å²) in [5.41, 5.74) is 4.68. The SMILES string of the molecule is CC(C)(C)[C@H](NC(=O)O)C(=O)N1CCCC1C(N)=O. The summed E-state index contributed by atoms with van der Waals surface area (Å²) in [6.07, 6.45) is -0.0306. The first-order chi connectivity index (χ1) is 8.64. The Hall–Kier alpha value is -1.79. The molecule has 1 aliphatic heterocycles. The Morgan fingerprint density at radius 3 is 2.37 bits per heavy atom. The topological polar surface area (TPSA) is 113 Å². The van der Waals surface area contributed by atoms with Crippen LogP contribution in [0.25, 0.3) is 0 Å². The average Bonchev–Trinajstić information content (AvgIpc) is 2.71. The largest absolute Gasteiger partial charge is 0.465 e. The second kappa shape index (κ2) is 5.46. The highest BCUT2D eigenvalue weighted by Crippen LogP contribution is 2.25. The number of rotatable bonds is 3. The van der Waals surface area contributed by atoms with Crippen LogP contribution in [0.2, 0.25) is 0 Å². The molecule has 7 heteroatoms. The lowest BCUT2D eigenvalue weighted by molar-refractivity contribution is -0.141. The van der Waals surface area contributed by atoms with Gasteiger partial charge in [-0.05, 0) is 18.3 Å². The summed E-state index contributed by atoms with van der Waals surface area (Å²) in [6, 6.07) is -1.53. The summed E-state index contributed by atoms with van der Waals surface area (Å²) in [4.78, 5) is 35.9. The molecular weight excluding hydrogens is 250 g/mol. The number of hydrogen-bond acceptors (Lipinski definition) is 3. The minimum absolute atomic E-state index is 0.392. The summed E-state index contributed by atoms with van der Waals surface area (Å²) in [5, 5.41) is 11.1. The number of hydrogen-bond donors (Lipinski definition) is 3. The Morgan fingerprint density at radius 1 is 1.37 bits per heavy atom. The van der Waals surface area contributed by atoms with Gasteiger partial charge in [-0.3, -0.25) is 9.59 Å². The lowest BCUT2D eigenvalue weighted by Gasteiger charge is -2.34. The Bertz CT molecular complexity index is 389. The summed E-state index contributed by atoms with van der Waals surface area (Å²) in [6.45, 7) is 5.73. The molecule has 1 heterocycles. The highest BCUT2D eigenvalue weighted by atomic mass is 16.4. The molecule has 3 amide bonds. The van der Waals surface area contributed by atoms with Gasteiger partial charge in [-0.2, -0.15) is 0 Å². The second-order valence-electron chi connectivity index (χ2n) is 5.84. The van der Waals surface area contributed by atoms with Crippen molar-refractivity contribution in [2.24, 2.45) is 11.1 Å². The van der Waals surface area contributed by atoms with Crippen LogP contribution >= 0.6 is 0 Å². The molecule has 0 saturated carbocycles. The van der Waals surface area contributed by atoms with Gasteiger partial charge in [0.05, 0.1) is 0 Å². The van der Waals surface area contributed by atoms with Gasteiger partial charge in [0.25, 0.3) is 0 Å². The molecule has 0 aromatic heterocycles. The molecule has 1 unspecified atom stereocenters. The number of carbonyl (C=O) groups excluding carboxylic acids is 2. The van der Waals surface area contributed by atoms with E-state index >= 15 is 0 Å². The van der Waals surface area contributed by atoms with Crippen molar-refractivity contribution in [2.45, 2.75) is 45.7 Å². The van der Waals surface area contributed by atoms with Crippen LogP contribution in [0, 0.1) is 5.41 Å². The smallest absolute Gasteiger partial charge is 0.405 e. The van der Waals surface area contributed by atoms with Crippen molar-refractivity contribution in [1.29, 1.82) is 0 Å². The highest BCUT2D eigenvalue weighted by molar-refractivity contribution is 5.91. The van der Waals surface area contributed by atoms with E-state index in [0.29, 0.717) is 19.4 Å². The average molecular weight is 271 g/mol. The summed E-state index contributed by atoms with van der Waals surface area (Å²) in [5.74, 6) is -0.940. The van der Waals surface area contributed by atoms with Crippen LogP contribution in [-0.4, -0.2) is 46.5 Å². The first-order valence-corrected chi connectivity index (χ1v) is 6.24. The van der Waals surface area contributed by atoms with E-state index in [9.17, 15) is 14.4 Å². The monoisotopic (exact) mass is 271 g/mol. The lowest BCUT2D eigenvalue weighted by atomic mass is 9.85. The number of carbonyl (C=O) groups is 3. The van der Waals surface area contributed by atoms with Gasteiger partial charge in [0.2, 0.25) is 11.8 Å². The maximum atomic E-state index is 12.4. The summed E-state index contributed by atoms with van der Waals surface area (Å²) < 4.78 is 0. The van der Waals surface area contributed by atoms with Crippen LogP contribution < -0.4 is 11.1 Å². The second-order valence-corrected chi connectivity index (χ2v) is 5.84. The fourth-order valence-electron chi connectivity index (χ4n) is 2.26. The molecule has 7 nitrogen and oxygen atoms in total. The fraction of sp³-hybridized carbons (Fsp3) is 0.750. The number of nitrogens with one attached hydrogen (secondary N) is 1. The van der Waals surface area contributed by atoms with Gasteiger partial charge >= 0.3 is 6.09 Å². The Morgan fingerprint density at radius 2 is 1.95 bits per heavy atom. The number of nitrogens with two attached hydrogens (primary N) is 1. The van der Waals surface area contributed by atoms with Crippen LogP contribution in [0.1, 0.15) is 33.6 Å². The van der Waals surface area contributed by atoms with Gasteiger partial charge in [-0.25, -0.2) is 4.79 Å². The maximum absolute atomic E-state index is 12.4. The van der Waals surface area contributed by atoms with Crippen molar-refractivity contribution < 1.29 is 19.5 Å². The lowest BCUT2D eigenvalue weighted by Crippen LogP contribution is -2.57. The molecule has 1 fully saturated rings. The van der Waals surface area contributed by atoms with Gasteiger partial charge in [-0.1, -0.05) is 20.8 Å². The Labute approximate surface area is 112 Å². The Balaban J connectivity index is 2.93. The van der Waals surface area contributed by atoms with Crippen LogP contribution in [0.15, 0.2) is 0 Å². The predicted octanol–water partition coefficient (Wildman–Crippen LogP) is 0.145. The fourth-order valence-corrected chi connectivity index (χ4v) is 2.26. The molecule has 4 N–H and O–H groups in total. The van der Waals surface area contributed by atoms with Crippen LogP contribution in [0.5, 0.6) is 0 Å². The zero-order chi connectivity index (χ0) is 14.8. The molecule has 1 rings (SSSR count). The van der Waals surface area contributed by atoms with E-state index in [-0.39, 0.29) is 0 Å². The molecule has 0 aromatic rings. The Kier molecular flexibility index (Phi) is 4.39. The number of nitrogens with zero attached hydrogens (tertiary/aromatic N) is 1. The van der Waals surface area contributed by atoms with Crippen molar-refractivity contribution in [3.05, 3.63) is 0 Å². The molecular formula is C12H21N3O4. The van der Waals surface area contributed by atoms with Crippen LogP contribution in [0.4, 0.5) is 4.79 Å². The molecule has 2 atom stereocenters. The van der Waals surface area contributed by atoms with Gasteiger partial charge in [0.15, 0.2) is 0 Å². The predicted molar refractivity (Wildman–Crippen MR) is 68.3 cm³/mol. The number of carboxylic acid groups (broad SMARTS) is 1. The van der Waals surface area contributed by atoms with Crippen molar-refractivity contribution in [1.82, 2.24) is 10.2 Å². The molecule has 0 aromatic carbocycles. The first kappa shape index (κ1) is 15.3. The molecule has 108 valence electrons. The van der Waals surface area contributed by atoms with E-state index in [1.54, 1.807) is 20.8 Å². The van der Waals surface area contributed by atoms with E-state index in [2.05, 4.69) is 5.32 Å². The van der Waals surface area contributed by atoms with Crippen molar-refractivity contribution >= 4 is 17.9 Å². The molecule has 1 aliphatic rings. The maximum Gasteiger partial charge on any atom is 0.405 e. The quantitative estimate of drug-likeness (QED) is 0.677. The molecule has 1 saturated heterocycles. The third-order valence-electron chi connectivity index (χ3n) is 3.25. The van der Waals surface area contributed by atoms with Crippen molar-refractivity contribution in [3.63, 3.8) is 0 Å². The summed E-state index contributed by atoms with van der Waals surface area (Å²) in [7, 11) is 0. The van der Waals surface area contributed by atoms with Gasteiger partial charge in [0, 0.05) is 6.54 Å². The van der Waals surface area contributed by atoms with Gasteiger partial charge in [0.1, 0.15) is 12.1 Å². The zero-order valence-corrected chi connectivity index (χ0v) is 11.5. The van der Waals surface area contributed by atoms with E-state index in [1.807, 2.05) is 0 Å². The molecule has 0 spiro atoms. The highest BCUT2D eigenvalue weighted by Gasteiger charge is 2.41. The minimum atomic E-state index is -1.26. The third-order valence-corrected chi connectivity index (χ3v) is 3.25. The normalized spacial score (nSPS) is 21.0. The molecule has 0 radical (unpaired) electrons. The van der Waals surface area contributed by atoms with Crippen molar-refractivity contribution in [2.75, 3.05) is 6.54 Å². The molecule has 19 heavy (non-hydrogen) atoms. The van der Waals surface area contributed by atoms with Crippen LogP contribution in [-0.2, 0) is 9.59 Å². The van der Waals surface area contributed by atoms with E-state index in [0.717, 1.165) is 0 Å².